The average Bonchev–Trinajstić information content (AvgIpc) is 2.99. The molecule has 1 aromatic heterocycles. The van der Waals surface area contributed by atoms with Crippen LogP contribution in [0.15, 0.2) is 48.8 Å². The lowest BCUT2D eigenvalue weighted by molar-refractivity contribution is 0.0479. The third kappa shape index (κ3) is 2.99. The number of hydrogen-bond acceptors (Lipinski definition) is 6. The highest BCUT2D eigenvalue weighted by molar-refractivity contribution is 6.21. The molecule has 1 fully saturated rings. The number of anilines is 1. The fraction of sp³-hybridized carbons (Fsp3) is 0.273. The Morgan fingerprint density at radius 1 is 0.931 bits per heavy atom. The molecule has 0 radical (unpaired) electrons. The van der Waals surface area contributed by atoms with Crippen LogP contribution in [0, 0.1) is 0 Å². The highest BCUT2D eigenvalue weighted by atomic mass is 16.5. The van der Waals surface area contributed by atoms with E-state index >= 15 is 0 Å². The molecule has 1 aliphatic carbocycles. The molecular formula is C22H20N4O3. The molecule has 0 unspecified atom stereocenters. The molecule has 0 saturated heterocycles. The Hall–Kier alpha value is -3.48. The zero-order valence-corrected chi connectivity index (χ0v) is 15.7. The number of nitrogens with zero attached hydrogens (tertiary/aromatic N) is 3. The summed E-state index contributed by atoms with van der Waals surface area (Å²) in [5, 5.41) is 0. The van der Waals surface area contributed by atoms with Crippen LogP contribution in [0.25, 0.3) is 11.0 Å². The summed E-state index contributed by atoms with van der Waals surface area (Å²) in [6.45, 7) is 0. The fourth-order valence-electron chi connectivity index (χ4n) is 4.29. The lowest BCUT2D eigenvalue weighted by Gasteiger charge is -2.33. The van der Waals surface area contributed by atoms with Crippen molar-refractivity contribution < 1.29 is 14.3 Å². The number of imide groups is 1. The first kappa shape index (κ1) is 17.6. The van der Waals surface area contributed by atoms with E-state index in [9.17, 15) is 9.59 Å². The van der Waals surface area contributed by atoms with E-state index in [1.54, 1.807) is 48.8 Å². The molecule has 2 aromatic carbocycles. The van der Waals surface area contributed by atoms with Gasteiger partial charge in [-0.3, -0.25) is 19.5 Å². The summed E-state index contributed by atoms with van der Waals surface area (Å²) in [4.78, 5) is 35.5. The topological polar surface area (TPSA) is 98.4 Å². The maximum atomic E-state index is 12.7. The molecule has 2 aliphatic rings. The summed E-state index contributed by atoms with van der Waals surface area (Å²) >= 11 is 0. The number of ether oxygens (including phenoxy) is 1. The summed E-state index contributed by atoms with van der Waals surface area (Å²) in [6, 6.07) is 10.5. The smallest absolute Gasteiger partial charge is 0.261 e. The largest absolute Gasteiger partial charge is 0.488 e. The zero-order chi connectivity index (χ0) is 20.0. The molecular weight excluding hydrogens is 368 g/mol. The molecule has 146 valence electrons. The number of hydrogen-bond donors (Lipinski definition) is 1. The Bertz CT molecular complexity index is 1090. The second-order valence-corrected chi connectivity index (χ2v) is 7.52. The van der Waals surface area contributed by atoms with Crippen LogP contribution < -0.4 is 10.5 Å². The number of aromatic nitrogens is 2. The molecule has 0 spiro atoms. The van der Waals surface area contributed by atoms with Crippen molar-refractivity contribution in [1.82, 2.24) is 14.9 Å². The first-order chi connectivity index (χ1) is 14.1. The van der Waals surface area contributed by atoms with Gasteiger partial charge in [-0.05, 0) is 43.9 Å². The Morgan fingerprint density at radius 3 is 2.28 bits per heavy atom. The van der Waals surface area contributed by atoms with Crippen molar-refractivity contribution >= 4 is 28.5 Å². The number of amides is 2. The van der Waals surface area contributed by atoms with Gasteiger partial charge in [0.25, 0.3) is 11.8 Å². The normalized spacial score (nSPS) is 21.4. The molecule has 1 aliphatic heterocycles. The summed E-state index contributed by atoms with van der Waals surface area (Å²) < 4.78 is 6.21. The number of rotatable bonds is 3. The van der Waals surface area contributed by atoms with Gasteiger partial charge < -0.3 is 10.5 Å². The lowest BCUT2D eigenvalue weighted by Crippen LogP contribution is -2.43. The van der Waals surface area contributed by atoms with Crippen LogP contribution >= 0.6 is 0 Å². The van der Waals surface area contributed by atoms with Crippen LogP contribution in [0.1, 0.15) is 46.4 Å². The number of fused-ring (bicyclic) bond motifs is 2. The molecule has 2 amide bonds. The van der Waals surface area contributed by atoms with E-state index in [4.69, 9.17) is 10.5 Å². The molecule has 3 aromatic rings. The van der Waals surface area contributed by atoms with Gasteiger partial charge >= 0.3 is 0 Å². The van der Waals surface area contributed by atoms with Crippen molar-refractivity contribution in [1.29, 1.82) is 0 Å². The molecule has 0 atom stereocenters. The van der Waals surface area contributed by atoms with Crippen molar-refractivity contribution in [3.8, 4) is 5.75 Å². The van der Waals surface area contributed by atoms with Crippen LogP contribution in [0.2, 0.25) is 0 Å². The average molecular weight is 388 g/mol. The first-order valence-electron chi connectivity index (χ1n) is 9.75. The molecule has 2 heterocycles. The standard InChI is InChI=1S/C22H20N4O3/c23-13-11-18-20(25-10-9-24-18)19(12-13)29-15-7-5-14(6-8-15)26-21(27)16-3-1-2-4-17(16)22(26)28/h1-4,9-12,14-15H,5-8,23H2. The van der Waals surface area contributed by atoms with E-state index < -0.39 is 0 Å². The maximum absolute atomic E-state index is 12.7. The quantitative estimate of drug-likeness (QED) is 0.546. The van der Waals surface area contributed by atoms with Crippen LogP contribution in [-0.2, 0) is 0 Å². The SMILES string of the molecule is Nc1cc(OC2CCC(N3C(=O)c4ccccc4C3=O)CC2)c2nccnc2c1. The van der Waals surface area contributed by atoms with E-state index in [0.29, 0.717) is 46.4 Å². The Labute approximate surface area is 167 Å². The van der Waals surface area contributed by atoms with Gasteiger partial charge in [-0.15, -0.1) is 0 Å². The van der Waals surface area contributed by atoms with Gasteiger partial charge in [0.1, 0.15) is 11.3 Å². The third-order valence-electron chi connectivity index (χ3n) is 5.69. The van der Waals surface area contributed by atoms with Crippen molar-refractivity contribution in [2.24, 2.45) is 0 Å². The van der Waals surface area contributed by atoms with Gasteiger partial charge in [-0.25, -0.2) is 4.98 Å². The van der Waals surface area contributed by atoms with Gasteiger partial charge in [0.05, 0.1) is 22.7 Å². The van der Waals surface area contributed by atoms with Crippen LogP contribution in [0.5, 0.6) is 5.75 Å². The predicted octanol–water partition coefficient (Wildman–Crippen LogP) is 3.20. The Balaban J connectivity index is 1.30. The molecule has 7 nitrogen and oxygen atoms in total. The lowest BCUT2D eigenvalue weighted by atomic mass is 9.91. The van der Waals surface area contributed by atoms with Crippen molar-refractivity contribution in [3.63, 3.8) is 0 Å². The van der Waals surface area contributed by atoms with Crippen LogP contribution in [0.3, 0.4) is 0 Å². The Kier molecular flexibility index (Phi) is 4.16. The predicted molar refractivity (Wildman–Crippen MR) is 108 cm³/mol. The van der Waals surface area contributed by atoms with Crippen molar-refractivity contribution in [3.05, 3.63) is 59.9 Å². The second kappa shape index (κ2) is 6.84. The number of nitrogen functional groups attached to an aromatic ring is 1. The fourth-order valence-corrected chi connectivity index (χ4v) is 4.29. The van der Waals surface area contributed by atoms with Crippen LogP contribution in [0.4, 0.5) is 5.69 Å². The highest BCUT2D eigenvalue weighted by Crippen LogP contribution is 2.34. The molecule has 29 heavy (non-hydrogen) atoms. The minimum atomic E-state index is -0.188. The zero-order valence-electron chi connectivity index (χ0n) is 15.7. The monoisotopic (exact) mass is 388 g/mol. The van der Waals surface area contributed by atoms with Gasteiger partial charge in [0, 0.05) is 30.2 Å². The number of carbonyl (C=O) groups excluding carboxylic acids is 2. The van der Waals surface area contributed by atoms with E-state index in [-0.39, 0.29) is 24.0 Å². The maximum Gasteiger partial charge on any atom is 0.261 e. The van der Waals surface area contributed by atoms with E-state index in [0.717, 1.165) is 12.8 Å². The minimum Gasteiger partial charge on any atom is -0.488 e. The number of benzene rings is 2. The molecule has 5 rings (SSSR count). The van der Waals surface area contributed by atoms with Gasteiger partial charge in [0.15, 0.2) is 0 Å². The second-order valence-electron chi connectivity index (χ2n) is 7.52. The first-order valence-corrected chi connectivity index (χ1v) is 9.75. The highest BCUT2D eigenvalue weighted by Gasteiger charge is 2.41. The van der Waals surface area contributed by atoms with Crippen molar-refractivity contribution in [2.75, 3.05) is 5.73 Å². The van der Waals surface area contributed by atoms with Crippen LogP contribution in [-0.4, -0.2) is 38.8 Å². The summed E-state index contributed by atoms with van der Waals surface area (Å²) in [7, 11) is 0. The third-order valence-corrected chi connectivity index (χ3v) is 5.69. The number of nitrogens with two attached hydrogens (primary N) is 1. The Morgan fingerprint density at radius 2 is 1.59 bits per heavy atom. The molecule has 2 N–H and O–H groups in total. The van der Waals surface area contributed by atoms with Crippen molar-refractivity contribution in [2.45, 2.75) is 37.8 Å². The molecule has 0 bridgehead atoms. The van der Waals surface area contributed by atoms with E-state index in [1.165, 1.54) is 4.90 Å². The van der Waals surface area contributed by atoms with Gasteiger partial charge in [0.2, 0.25) is 0 Å². The molecule has 1 saturated carbocycles. The van der Waals surface area contributed by atoms with Gasteiger partial charge in [-0.2, -0.15) is 0 Å². The summed E-state index contributed by atoms with van der Waals surface area (Å²) in [6.07, 6.45) is 6.14. The van der Waals surface area contributed by atoms with E-state index in [2.05, 4.69) is 9.97 Å². The van der Waals surface area contributed by atoms with E-state index in [1.807, 2.05) is 0 Å². The minimum absolute atomic E-state index is 0.0200. The van der Waals surface area contributed by atoms with Gasteiger partial charge in [-0.1, -0.05) is 12.1 Å². The summed E-state index contributed by atoms with van der Waals surface area (Å²) in [5.41, 5.74) is 8.94. The number of carbonyl (C=O) groups is 2. The molecule has 7 heteroatoms. The summed E-state index contributed by atoms with van der Waals surface area (Å²) in [5.74, 6) is 0.247.